The first-order chi connectivity index (χ1) is 9.49. The lowest BCUT2D eigenvalue weighted by atomic mass is 10.1. The van der Waals surface area contributed by atoms with Crippen molar-refractivity contribution in [1.29, 1.82) is 0 Å². The molecule has 0 unspecified atom stereocenters. The molecule has 0 aliphatic heterocycles. The van der Waals surface area contributed by atoms with Gasteiger partial charge in [0.15, 0.2) is 0 Å². The second-order valence-corrected chi connectivity index (χ2v) is 4.78. The van der Waals surface area contributed by atoms with E-state index in [0.29, 0.717) is 17.1 Å². The minimum absolute atomic E-state index is 0.201. The fourth-order valence-electron chi connectivity index (χ4n) is 2.04. The van der Waals surface area contributed by atoms with E-state index in [9.17, 15) is 4.79 Å². The predicted molar refractivity (Wildman–Crippen MR) is 78.5 cm³/mol. The number of carbonyl (C=O) groups excluding carboxylic acids is 1. The molecule has 6 nitrogen and oxygen atoms in total. The second-order valence-electron chi connectivity index (χ2n) is 4.78. The first kappa shape index (κ1) is 14.0. The number of nitrogens with two attached hydrogens (primary N) is 1. The number of hydrogen-bond donors (Lipinski definition) is 2. The van der Waals surface area contributed by atoms with Gasteiger partial charge >= 0.3 is 0 Å². The maximum Gasteiger partial charge on any atom is 0.255 e. The number of aromatic nitrogens is 3. The number of amides is 1. The lowest BCUT2D eigenvalue weighted by Gasteiger charge is -2.07. The Labute approximate surface area is 118 Å². The van der Waals surface area contributed by atoms with Crippen LogP contribution < -0.4 is 11.1 Å². The molecule has 6 heteroatoms. The number of nitrogens with one attached hydrogen (secondary N) is 1. The Bertz CT molecular complexity index is 632. The molecule has 0 saturated heterocycles. The minimum atomic E-state index is -0.201. The second kappa shape index (κ2) is 5.73. The van der Waals surface area contributed by atoms with Gasteiger partial charge in [0, 0.05) is 24.5 Å². The maximum absolute atomic E-state index is 12.3. The smallest absolute Gasteiger partial charge is 0.255 e. The first-order valence-electron chi connectivity index (χ1n) is 6.57. The summed E-state index contributed by atoms with van der Waals surface area (Å²) in [7, 11) is 1.81. The molecule has 20 heavy (non-hydrogen) atoms. The van der Waals surface area contributed by atoms with Crippen molar-refractivity contribution in [3.8, 4) is 0 Å². The third kappa shape index (κ3) is 3.14. The van der Waals surface area contributed by atoms with Gasteiger partial charge in [-0.15, -0.1) is 0 Å². The van der Waals surface area contributed by atoms with Crippen molar-refractivity contribution < 1.29 is 4.79 Å². The topological polar surface area (TPSA) is 85.8 Å². The number of rotatable bonds is 4. The van der Waals surface area contributed by atoms with Crippen LogP contribution in [0.3, 0.4) is 0 Å². The lowest BCUT2D eigenvalue weighted by molar-refractivity contribution is 0.102. The molecule has 0 atom stereocenters. The summed E-state index contributed by atoms with van der Waals surface area (Å²) in [5.74, 6) is 0.163. The van der Waals surface area contributed by atoms with Crippen molar-refractivity contribution in [2.45, 2.75) is 26.7 Å². The first-order valence-corrected chi connectivity index (χ1v) is 6.57. The highest BCUT2D eigenvalue weighted by Crippen LogP contribution is 2.15. The zero-order chi connectivity index (χ0) is 14.7. The highest BCUT2D eigenvalue weighted by atomic mass is 16.1. The largest absolute Gasteiger partial charge is 0.384 e. The molecule has 0 aromatic carbocycles. The standard InChI is InChI=1S/C14H19N5O/c1-4-5-11-6-10(7-13(15)16-11)14(20)17-12-8-19(3)18-9(12)2/h6-8H,4-5H2,1-3H3,(H2,15,16)(H,17,20). The van der Waals surface area contributed by atoms with Gasteiger partial charge in [-0.2, -0.15) is 5.10 Å². The van der Waals surface area contributed by atoms with Gasteiger partial charge in [0.25, 0.3) is 5.91 Å². The molecular formula is C14H19N5O. The number of anilines is 2. The summed E-state index contributed by atoms with van der Waals surface area (Å²) in [6.07, 6.45) is 3.53. The summed E-state index contributed by atoms with van der Waals surface area (Å²) in [4.78, 5) is 16.5. The average Bonchev–Trinajstić information content (AvgIpc) is 2.67. The molecule has 2 aromatic heterocycles. The van der Waals surface area contributed by atoms with E-state index in [2.05, 4.69) is 22.3 Å². The van der Waals surface area contributed by atoms with E-state index in [4.69, 9.17) is 5.73 Å². The van der Waals surface area contributed by atoms with Crippen molar-refractivity contribution in [2.24, 2.45) is 7.05 Å². The summed E-state index contributed by atoms with van der Waals surface area (Å²) < 4.78 is 1.66. The quantitative estimate of drug-likeness (QED) is 0.891. The van der Waals surface area contributed by atoms with Crippen LogP contribution in [-0.2, 0) is 13.5 Å². The SMILES string of the molecule is CCCc1cc(C(=O)Nc2cn(C)nc2C)cc(N)n1. The van der Waals surface area contributed by atoms with E-state index in [1.54, 1.807) is 23.0 Å². The summed E-state index contributed by atoms with van der Waals surface area (Å²) in [6.45, 7) is 3.91. The number of hydrogen-bond acceptors (Lipinski definition) is 4. The molecule has 0 radical (unpaired) electrons. The van der Waals surface area contributed by atoms with Crippen LogP contribution in [0.4, 0.5) is 11.5 Å². The van der Waals surface area contributed by atoms with Gasteiger partial charge in [-0.1, -0.05) is 13.3 Å². The summed E-state index contributed by atoms with van der Waals surface area (Å²) in [6, 6.07) is 3.36. The summed E-state index contributed by atoms with van der Waals surface area (Å²) >= 11 is 0. The molecule has 1 amide bonds. The Morgan fingerprint density at radius 2 is 2.20 bits per heavy atom. The Hall–Kier alpha value is -2.37. The van der Waals surface area contributed by atoms with Crippen LogP contribution in [0, 0.1) is 6.92 Å². The van der Waals surface area contributed by atoms with E-state index in [1.165, 1.54) is 0 Å². The molecule has 0 aliphatic rings. The molecule has 2 heterocycles. The third-order valence-electron chi connectivity index (χ3n) is 2.93. The molecule has 0 aliphatic carbocycles. The van der Waals surface area contributed by atoms with E-state index >= 15 is 0 Å². The average molecular weight is 273 g/mol. The molecule has 3 N–H and O–H groups in total. The van der Waals surface area contributed by atoms with Crippen LogP contribution >= 0.6 is 0 Å². The normalized spacial score (nSPS) is 10.6. The Morgan fingerprint density at radius 1 is 1.45 bits per heavy atom. The van der Waals surface area contributed by atoms with Gasteiger partial charge in [0.2, 0.25) is 0 Å². The highest BCUT2D eigenvalue weighted by Gasteiger charge is 2.12. The van der Waals surface area contributed by atoms with Crippen molar-refractivity contribution in [3.63, 3.8) is 0 Å². The van der Waals surface area contributed by atoms with Crippen LogP contribution in [0.5, 0.6) is 0 Å². The van der Waals surface area contributed by atoms with Crippen molar-refractivity contribution in [1.82, 2.24) is 14.8 Å². The molecule has 0 spiro atoms. The Balaban J connectivity index is 2.22. The Kier molecular flexibility index (Phi) is 4.02. The molecule has 2 aromatic rings. The van der Waals surface area contributed by atoms with Gasteiger partial charge in [-0.25, -0.2) is 4.98 Å². The number of nitrogen functional groups attached to an aromatic ring is 1. The number of carbonyl (C=O) groups is 1. The fraction of sp³-hybridized carbons (Fsp3) is 0.357. The molecule has 106 valence electrons. The minimum Gasteiger partial charge on any atom is -0.384 e. The number of aryl methyl sites for hydroxylation is 3. The summed E-state index contributed by atoms with van der Waals surface area (Å²) in [5.41, 5.74) is 8.57. The van der Waals surface area contributed by atoms with Gasteiger partial charge in [0.1, 0.15) is 5.82 Å². The van der Waals surface area contributed by atoms with Gasteiger partial charge in [-0.3, -0.25) is 9.48 Å². The lowest BCUT2D eigenvalue weighted by Crippen LogP contribution is -2.13. The van der Waals surface area contributed by atoms with E-state index < -0.39 is 0 Å². The maximum atomic E-state index is 12.3. The van der Waals surface area contributed by atoms with Crippen LogP contribution in [0.2, 0.25) is 0 Å². The van der Waals surface area contributed by atoms with Crippen LogP contribution in [0.15, 0.2) is 18.3 Å². The third-order valence-corrected chi connectivity index (χ3v) is 2.93. The van der Waals surface area contributed by atoms with Crippen LogP contribution in [-0.4, -0.2) is 20.7 Å². The predicted octanol–water partition coefficient (Wildman–Crippen LogP) is 1.91. The van der Waals surface area contributed by atoms with E-state index in [-0.39, 0.29) is 5.91 Å². The van der Waals surface area contributed by atoms with Crippen molar-refractivity contribution >= 4 is 17.4 Å². The van der Waals surface area contributed by atoms with Gasteiger partial charge in [0.05, 0.1) is 11.4 Å². The van der Waals surface area contributed by atoms with E-state index in [1.807, 2.05) is 14.0 Å². The fourth-order valence-corrected chi connectivity index (χ4v) is 2.04. The number of nitrogens with zero attached hydrogens (tertiary/aromatic N) is 3. The number of pyridine rings is 1. The van der Waals surface area contributed by atoms with Crippen molar-refractivity contribution in [2.75, 3.05) is 11.1 Å². The van der Waals surface area contributed by atoms with E-state index in [0.717, 1.165) is 24.2 Å². The summed E-state index contributed by atoms with van der Waals surface area (Å²) in [5, 5.41) is 7.03. The molecular weight excluding hydrogens is 254 g/mol. The van der Waals surface area contributed by atoms with Gasteiger partial charge < -0.3 is 11.1 Å². The monoisotopic (exact) mass is 273 g/mol. The highest BCUT2D eigenvalue weighted by molar-refractivity contribution is 6.04. The molecule has 2 rings (SSSR count). The molecule has 0 fully saturated rings. The van der Waals surface area contributed by atoms with Crippen molar-refractivity contribution in [3.05, 3.63) is 35.3 Å². The van der Waals surface area contributed by atoms with Gasteiger partial charge in [-0.05, 0) is 25.5 Å². The van der Waals surface area contributed by atoms with Crippen LogP contribution in [0.1, 0.15) is 35.1 Å². The molecule has 0 bridgehead atoms. The van der Waals surface area contributed by atoms with Crippen LogP contribution in [0.25, 0.3) is 0 Å². The molecule has 0 saturated carbocycles. The Morgan fingerprint density at radius 3 is 2.80 bits per heavy atom. The zero-order valence-electron chi connectivity index (χ0n) is 12.0. The zero-order valence-corrected chi connectivity index (χ0v) is 12.0.